The van der Waals surface area contributed by atoms with Gasteiger partial charge >= 0.3 is 0 Å². The molecule has 4 rings (SSSR count). The van der Waals surface area contributed by atoms with E-state index in [0.29, 0.717) is 5.56 Å². The monoisotopic (exact) mass is 281 g/mol. The summed E-state index contributed by atoms with van der Waals surface area (Å²) in [5, 5.41) is 11.1. The third-order valence-corrected chi connectivity index (χ3v) is 3.73. The van der Waals surface area contributed by atoms with Gasteiger partial charge in [0.1, 0.15) is 6.07 Å². The SMILES string of the molecule is N#Cc1cnc2ccc(-c3cnc4ccccc4c3)cc2c1. The Hall–Kier alpha value is -3.25. The van der Waals surface area contributed by atoms with E-state index in [1.54, 1.807) is 6.20 Å². The summed E-state index contributed by atoms with van der Waals surface area (Å²) in [6, 6.07) is 20.2. The largest absolute Gasteiger partial charge is 0.256 e. The molecule has 3 heteroatoms. The first-order valence-corrected chi connectivity index (χ1v) is 6.98. The minimum atomic E-state index is 0.571. The molecule has 2 aromatic heterocycles. The van der Waals surface area contributed by atoms with E-state index in [1.165, 1.54) is 0 Å². The Labute approximate surface area is 127 Å². The van der Waals surface area contributed by atoms with Crippen molar-refractivity contribution in [1.82, 2.24) is 9.97 Å². The summed E-state index contributed by atoms with van der Waals surface area (Å²) in [5.74, 6) is 0. The molecule has 0 unspecified atom stereocenters. The van der Waals surface area contributed by atoms with Crippen LogP contribution < -0.4 is 0 Å². The Morgan fingerprint density at radius 1 is 0.727 bits per heavy atom. The van der Waals surface area contributed by atoms with Gasteiger partial charge in [0.2, 0.25) is 0 Å². The highest BCUT2D eigenvalue weighted by Gasteiger charge is 2.04. The summed E-state index contributed by atoms with van der Waals surface area (Å²) in [4.78, 5) is 8.80. The molecule has 0 spiro atoms. The van der Waals surface area contributed by atoms with E-state index in [-0.39, 0.29) is 0 Å². The molecule has 0 fully saturated rings. The Morgan fingerprint density at radius 2 is 1.50 bits per heavy atom. The van der Waals surface area contributed by atoms with Crippen LogP contribution in [-0.4, -0.2) is 9.97 Å². The standard InChI is InChI=1S/C19H11N3/c20-10-13-7-16-8-14(5-6-19(16)21-11-13)17-9-15-3-1-2-4-18(15)22-12-17/h1-9,11-12H. The van der Waals surface area contributed by atoms with Gasteiger partial charge in [-0.1, -0.05) is 24.3 Å². The molecule has 102 valence electrons. The number of rotatable bonds is 1. The minimum absolute atomic E-state index is 0.571. The zero-order valence-corrected chi connectivity index (χ0v) is 11.7. The molecule has 0 aliphatic heterocycles. The van der Waals surface area contributed by atoms with Gasteiger partial charge in [-0.15, -0.1) is 0 Å². The predicted octanol–water partition coefficient (Wildman–Crippen LogP) is 4.32. The number of fused-ring (bicyclic) bond motifs is 2. The molecule has 0 N–H and O–H groups in total. The van der Waals surface area contributed by atoms with Crippen molar-refractivity contribution in [2.24, 2.45) is 0 Å². The lowest BCUT2D eigenvalue weighted by Crippen LogP contribution is -1.85. The molecule has 0 aliphatic carbocycles. The fraction of sp³-hybridized carbons (Fsp3) is 0. The Balaban J connectivity index is 1.89. The first kappa shape index (κ1) is 12.5. The molecule has 22 heavy (non-hydrogen) atoms. The lowest BCUT2D eigenvalue weighted by atomic mass is 10.0. The van der Waals surface area contributed by atoms with Gasteiger partial charge in [0.25, 0.3) is 0 Å². The maximum atomic E-state index is 9.00. The van der Waals surface area contributed by atoms with Gasteiger partial charge in [-0.2, -0.15) is 5.26 Å². The summed E-state index contributed by atoms with van der Waals surface area (Å²) in [6.45, 7) is 0. The second kappa shape index (κ2) is 4.94. The maximum absolute atomic E-state index is 9.00. The van der Waals surface area contributed by atoms with Crippen molar-refractivity contribution in [3.63, 3.8) is 0 Å². The predicted molar refractivity (Wildman–Crippen MR) is 87.2 cm³/mol. The Kier molecular flexibility index (Phi) is 2.80. The molecule has 0 saturated heterocycles. The smallest absolute Gasteiger partial charge is 0.101 e. The Morgan fingerprint density at radius 3 is 2.41 bits per heavy atom. The highest BCUT2D eigenvalue weighted by molar-refractivity contribution is 5.88. The fourth-order valence-electron chi connectivity index (χ4n) is 2.60. The van der Waals surface area contributed by atoms with Crippen molar-refractivity contribution < 1.29 is 0 Å². The van der Waals surface area contributed by atoms with Crippen molar-refractivity contribution in [1.29, 1.82) is 5.26 Å². The summed E-state index contributed by atoms with van der Waals surface area (Å²) < 4.78 is 0. The summed E-state index contributed by atoms with van der Waals surface area (Å²) in [7, 11) is 0. The topological polar surface area (TPSA) is 49.6 Å². The number of aromatic nitrogens is 2. The van der Waals surface area contributed by atoms with Crippen LogP contribution in [0.15, 0.2) is 67.0 Å². The van der Waals surface area contributed by atoms with Gasteiger partial charge in [-0.3, -0.25) is 9.97 Å². The molecule has 4 aromatic rings. The number of hydrogen-bond acceptors (Lipinski definition) is 3. The number of nitrogens with zero attached hydrogens (tertiary/aromatic N) is 3. The molecule has 2 aromatic carbocycles. The average Bonchev–Trinajstić information content (AvgIpc) is 2.60. The van der Waals surface area contributed by atoms with Crippen LogP contribution in [0.3, 0.4) is 0 Å². The summed E-state index contributed by atoms with van der Waals surface area (Å²) in [5.41, 5.74) is 4.57. The van der Waals surface area contributed by atoms with Gasteiger partial charge in [-0.25, -0.2) is 0 Å². The third-order valence-electron chi connectivity index (χ3n) is 3.73. The van der Waals surface area contributed by atoms with Crippen molar-refractivity contribution >= 4 is 21.8 Å². The van der Waals surface area contributed by atoms with Crippen LogP contribution in [-0.2, 0) is 0 Å². The second-order valence-corrected chi connectivity index (χ2v) is 5.16. The van der Waals surface area contributed by atoms with Gasteiger partial charge in [0.15, 0.2) is 0 Å². The highest BCUT2D eigenvalue weighted by atomic mass is 14.7. The van der Waals surface area contributed by atoms with E-state index < -0.39 is 0 Å². The van der Waals surface area contributed by atoms with Crippen LogP contribution in [0.25, 0.3) is 32.9 Å². The second-order valence-electron chi connectivity index (χ2n) is 5.16. The van der Waals surface area contributed by atoms with E-state index in [9.17, 15) is 0 Å². The third kappa shape index (κ3) is 2.07. The number of para-hydroxylation sites is 1. The lowest BCUT2D eigenvalue weighted by molar-refractivity contribution is 1.37. The zero-order chi connectivity index (χ0) is 14.9. The van der Waals surface area contributed by atoms with Crippen LogP contribution in [0.5, 0.6) is 0 Å². The minimum Gasteiger partial charge on any atom is -0.256 e. The van der Waals surface area contributed by atoms with E-state index in [2.05, 4.69) is 34.2 Å². The fourth-order valence-corrected chi connectivity index (χ4v) is 2.60. The van der Waals surface area contributed by atoms with Crippen LogP contribution >= 0.6 is 0 Å². The Bertz CT molecular complexity index is 1050. The van der Waals surface area contributed by atoms with Crippen LogP contribution in [0.4, 0.5) is 0 Å². The molecule has 0 aliphatic rings. The van der Waals surface area contributed by atoms with Crippen LogP contribution in [0.2, 0.25) is 0 Å². The van der Waals surface area contributed by atoms with Gasteiger partial charge < -0.3 is 0 Å². The molecule has 3 nitrogen and oxygen atoms in total. The number of hydrogen-bond donors (Lipinski definition) is 0. The number of nitriles is 1. The molecule has 0 bridgehead atoms. The first-order chi connectivity index (χ1) is 10.8. The molecule has 0 amide bonds. The summed E-state index contributed by atoms with van der Waals surface area (Å²) in [6.07, 6.45) is 3.48. The zero-order valence-electron chi connectivity index (χ0n) is 11.7. The van der Waals surface area contributed by atoms with Crippen LogP contribution in [0.1, 0.15) is 5.56 Å². The van der Waals surface area contributed by atoms with Gasteiger partial charge in [0, 0.05) is 28.7 Å². The van der Waals surface area contributed by atoms with E-state index >= 15 is 0 Å². The van der Waals surface area contributed by atoms with Crippen LogP contribution in [0, 0.1) is 11.3 Å². The molecule has 2 heterocycles. The van der Waals surface area contributed by atoms with E-state index in [4.69, 9.17) is 5.26 Å². The average molecular weight is 281 g/mol. The highest BCUT2D eigenvalue weighted by Crippen LogP contribution is 2.26. The molecule has 0 atom stereocenters. The number of benzene rings is 2. The first-order valence-electron chi connectivity index (χ1n) is 6.98. The van der Waals surface area contributed by atoms with E-state index in [1.807, 2.05) is 42.6 Å². The van der Waals surface area contributed by atoms with Gasteiger partial charge in [0.05, 0.1) is 16.6 Å². The maximum Gasteiger partial charge on any atom is 0.101 e. The normalized spacial score (nSPS) is 10.7. The number of pyridine rings is 2. The lowest BCUT2D eigenvalue weighted by Gasteiger charge is -2.05. The molecule has 0 saturated carbocycles. The summed E-state index contributed by atoms with van der Waals surface area (Å²) >= 11 is 0. The van der Waals surface area contributed by atoms with Crippen molar-refractivity contribution in [2.45, 2.75) is 0 Å². The van der Waals surface area contributed by atoms with E-state index in [0.717, 1.165) is 32.9 Å². The molecule has 0 radical (unpaired) electrons. The quantitative estimate of drug-likeness (QED) is 0.522. The van der Waals surface area contributed by atoms with Crippen molar-refractivity contribution in [3.05, 3.63) is 72.6 Å². The molecular formula is C19H11N3. The van der Waals surface area contributed by atoms with Crippen molar-refractivity contribution in [3.8, 4) is 17.2 Å². The van der Waals surface area contributed by atoms with Crippen molar-refractivity contribution in [2.75, 3.05) is 0 Å². The van der Waals surface area contributed by atoms with Gasteiger partial charge in [-0.05, 0) is 35.9 Å². The molecular weight excluding hydrogens is 270 g/mol.